The van der Waals surface area contributed by atoms with E-state index < -0.39 is 17.4 Å². The first-order valence-electron chi connectivity index (χ1n) is 8.70. The number of anilines is 1. The molecule has 1 fully saturated rings. The Balaban J connectivity index is 1.53. The standard InChI is InChI=1S/C20H18FN3O3/c21-14-4-3-5-15(12-14)27-20(19(25)26)8-10-24(11-9-20)18-13-22-16-6-1-2-7-17(16)23-18/h1-7,12-13H,8-11H2,(H,25,26). The first-order chi connectivity index (χ1) is 13.1. The number of aromatic nitrogens is 2. The number of hydrogen-bond acceptors (Lipinski definition) is 5. The van der Waals surface area contributed by atoms with Crippen molar-refractivity contribution < 1.29 is 19.0 Å². The number of piperidine rings is 1. The largest absolute Gasteiger partial charge is 0.478 e. The van der Waals surface area contributed by atoms with E-state index >= 15 is 0 Å². The first-order valence-corrected chi connectivity index (χ1v) is 8.70. The van der Waals surface area contributed by atoms with Crippen LogP contribution in [0.2, 0.25) is 0 Å². The number of ether oxygens (including phenoxy) is 1. The highest BCUT2D eigenvalue weighted by Gasteiger charge is 2.44. The number of para-hydroxylation sites is 2. The smallest absolute Gasteiger partial charge is 0.348 e. The lowest BCUT2D eigenvalue weighted by atomic mass is 9.91. The maximum absolute atomic E-state index is 13.4. The maximum atomic E-state index is 13.4. The molecule has 2 heterocycles. The van der Waals surface area contributed by atoms with Gasteiger partial charge in [0.2, 0.25) is 5.60 Å². The van der Waals surface area contributed by atoms with Gasteiger partial charge < -0.3 is 14.7 Å². The number of halogens is 1. The lowest BCUT2D eigenvalue weighted by Gasteiger charge is -2.39. The Bertz CT molecular complexity index is 987. The number of aliphatic carboxylic acids is 1. The van der Waals surface area contributed by atoms with E-state index in [0.717, 1.165) is 11.0 Å². The highest BCUT2D eigenvalue weighted by Crippen LogP contribution is 2.31. The molecule has 138 valence electrons. The summed E-state index contributed by atoms with van der Waals surface area (Å²) < 4.78 is 19.1. The van der Waals surface area contributed by atoms with Gasteiger partial charge in [-0.15, -0.1) is 0 Å². The van der Waals surface area contributed by atoms with Gasteiger partial charge in [-0.3, -0.25) is 4.98 Å². The molecule has 4 rings (SSSR count). The lowest BCUT2D eigenvalue weighted by Crippen LogP contribution is -2.53. The molecule has 3 aromatic rings. The van der Waals surface area contributed by atoms with Crippen molar-refractivity contribution in [1.29, 1.82) is 0 Å². The molecule has 1 N–H and O–H groups in total. The molecule has 1 aromatic heterocycles. The van der Waals surface area contributed by atoms with Crippen molar-refractivity contribution in [3.63, 3.8) is 0 Å². The van der Waals surface area contributed by atoms with Crippen LogP contribution >= 0.6 is 0 Å². The van der Waals surface area contributed by atoms with Crippen LogP contribution in [-0.2, 0) is 4.79 Å². The van der Waals surface area contributed by atoms with Crippen LogP contribution in [0.3, 0.4) is 0 Å². The van der Waals surface area contributed by atoms with E-state index in [1.807, 2.05) is 29.2 Å². The van der Waals surface area contributed by atoms with Crippen molar-refractivity contribution in [1.82, 2.24) is 9.97 Å². The fourth-order valence-corrected chi connectivity index (χ4v) is 3.31. The normalized spacial score (nSPS) is 16.3. The number of nitrogens with zero attached hydrogens (tertiary/aromatic N) is 3. The van der Waals surface area contributed by atoms with Gasteiger partial charge in [0.25, 0.3) is 0 Å². The van der Waals surface area contributed by atoms with Crippen LogP contribution in [-0.4, -0.2) is 39.7 Å². The first kappa shape index (κ1) is 17.2. The number of carboxylic acid groups (broad SMARTS) is 1. The second-order valence-corrected chi connectivity index (χ2v) is 6.56. The average molecular weight is 367 g/mol. The molecule has 0 saturated carbocycles. The average Bonchev–Trinajstić information content (AvgIpc) is 2.68. The predicted molar refractivity (Wildman–Crippen MR) is 98.4 cm³/mol. The van der Waals surface area contributed by atoms with E-state index in [2.05, 4.69) is 9.97 Å². The third kappa shape index (κ3) is 3.40. The van der Waals surface area contributed by atoms with Gasteiger partial charge in [0.05, 0.1) is 17.2 Å². The molecule has 7 heteroatoms. The Hall–Kier alpha value is -3.22. The zero-order valence-electron chi connectivity index (χ0n) is 14.5. The molecule has 0 amide bonds. The van der Waals surface area contributed by atoms with Crippen LogP contribution in [0.25, 0.3) is 11.0 Å². The molecule has 1 saturated heterocycles. The molecular weight excluding hydrogens is 349 g/mol. The summed E-state index contributed by atoms with van der Waals surface area (Å²) in [6.45, 7) is 0.906. The molecule has 2 aromatic carbocycles. The van der Waals surface area contributed by atoms with Gasteiger partial charge in [0.1, 0.15) is 17.4 Å². The molecule has 6 nitrogen and oxygen atoms in total. The number of fused-ring (bicyclic) bond motifs is 1. The summed E-state index contributed by atoms with van der Waals surface area (Å²) in [6, 6.07) is 13.2. The number of benzene rings is 2. The summed E-state index contributed by atoms with van der Waals surface area (Å²) >= 11 is 0. The quantitative estimate of drug-likeness (QED) is 0.763. The van der Waals surface area contributed by atoms with E-state index in [4.69, 9.17) is 4.74 Å². The highest BCUT2D eigenvalue weighted by atomic mass is 19.1. The Morgan fingerprint density at radius 1 is 1.11 bits per heavy atom. The van der Waals surface area contributed by atoms with Crippen LogP contribution < -0.4 is 9.64 Å². The summed E-state index contributed by atoms with van der Waals surface area (Å²) in [5.41, 5.74) is 0.225. The molecule has 1 aliphatic heterocycles. The fraction of sp³-hybridized carbons (Fsp3) is 0.250. The predicted octanol–water partition coefficient (Wildman–Crippen LogP) is 3.27. The number of rotatable bonds is 4. The van der Waals surface area contributed by atoms with Gasteiger partial charge >= 0.3 is 5.97 Å². The third-order valence-electron chi connectivity index (χ3n) is 4.83. The maximum Gasteiger partial charge on any atom is 0.348 e. The van der Waals surface area contributed by atoms with E-state index in [0.29, 0.717) is 18.9 Å². The minimum atomic E-state index is -1.38. The molecular formula is C20H18FN3O3. The van der Waals surface area contributed by atoms with E-state index in [1.165, 1.54) is 18.2 Å². The summed E-state index contributed by atoms with van der Waals surface area (Å²) in [6.07, 6.45) is 2.21. The summed E-state index contributed by atoms with van der Waals surface area (Å²) in [7, 11) is 0. The van der Waals surface area contributed by atoms with Crippen LogP contribution in [0.1, 0.15) is 12.8 Å². The zero-order valence-corrected chi connectivity index (χ0v) is 14.5. The van der Waals surface area contributed by atoms with Crippen LogP contribution in [0, 0.1) is 5.82 Å². The number of carboxylic acids is 1. The molecule has 0 unspecified atom stereocenters. The minimum absolute atomic E-state index is 0.219. The summed E-state index contributed by atoms with van der Waals surface area (Å²) in [5, 5.41) is 9.75. The van der Waals surface area contributed by atoms with Crippen molar-refractivity contribution in [2.75, 3.05) is 18.0 Å². The molecule has 0 aliphatic carbocycles. The van der Waals surface area contributed by atoms with Crippen LogP contribution in [0.4, 0.5) is 10.2 Å². The number of carbonyl (C=O) groups is 1. The third-order valence-corrected chi connectivity index (χ3v) is 4.83. The van der Waals surface area contributed by atoms with E-state index in [1.54, 1.807) is 12.3 Å². The van der Waals surface area contributed by atoms with Crippen molar-refractivity contribution in [2.24, 2.45) is 0 Å². The van der Waals surface area contributed by atoms with Crippen LogP contribution in [0.15, 0.2) is 54.7 Å². The van der Waals surface area contributed by atoms with E-state index in [-0.39, 0.29) is 18.6 Å². The van der Waals surface area contributed by atoms with Crippen molar-refractivity contribution in [2.45, 2.75) is 18.4 Å². The Morgan fingerprint density at radius 2 is 1.85 bits per heavy atom. The number of hydrogen-bond donors (Lipinski definition) is 1. The van der Waals surface area contributed by atoms with Gasteiger partial charge in [0.15, 0.2) is 0 Å². The van der Waals surface area contributed by atoms with Gasteiger partial charge in [0, 0.05) is 32.0 Å². The van der Waals surface area contributed by atoms with Gasteiger partial charge in [-0.25, -0.2) is 14.2 Å². The highest BCUT2D eigenvalue weighted by molar-refractivity contribution is 5.79. The Morgan fingerprint density at radius 3 is 2.56 bits per heavy atom. The minimum Gasteiger partial charge on any atom is -0.478 e. The molecule has 0 bridgehead atoms. The van der Waals surface area contributed by atoms with Gasteiger partial charge in [-0.1, -0.05) is 18.2 Å². The second kappa shape index (κ2) is 6.83. The molecule has 0 radical (unpaired) electrons. The Labute approximate surface area is 155 Å². The molecule has 0 atom stereocenters. The second-order valence-electron chi connectivity index (χ2n) is 6.56. The van der Waals surface area contributed by atoms with Crippen molar-refractivity contribution in [3.8, 4) is 5.75 Å². The SMILES string of the molecule is O=C(O)C1(Oc2cccc(F)c2)CCN(c2cnc3ccccc3n2)CC1. The summed E-state index contributed by atoms with van der Waals surface area (Å²) in [4.78, 5) is 22.9. The fourth-order valence-electron chi connectivity index (χ4n) is 3.31. The van der Waals surface area contributed by atoms with Crippen LogP contribution in [0.5, 0.6) is 5.75 Å². The van der Waals surface area contributed by atoms with Crippen molar-refractivity contribution in [3.05, 3.63) is 60.5 Å². The molecule has 1 aliphatic rings. The molecule has 27 heavy (non-hydrogen) atoms. The Kier molecular flexibility index (Phi) is 4.35. The summed E-state index contributed by atoms with van der Waals surface area (Å²) in [5.74, 6) is -0.581. The monoisotopic (exact) mass is 367 g/mol. The molecule has 0 spiro atoms. The topological polar surface area (TPSA) is 75.6 Å². The van der Waals surface area contributed by atoms with Gasteiger partial charge in [-0.2, -0.15) is 0 Å². The zero-order chi connectivity index (χ0) is 18.9. The van der Waals surface area contributed by atoms with E-state index in [9.17, 15) is 14.3 Å². The van der Waals surface area contributed by atoms with Gasteiger partial charge in [-0.05, 0) is 24.3 Å². The van der Waals surface area contributed by atoms with Crippen molar-refractivity contribution >= 4 is 22.8 Å². The lowest BCUT2D eigenvalue weighted by molar-refractivity contribution is -0.157.